The van der Waals surface area contributed by atoms with Crippen molar-refractivity contribution in [3.05, 3.63) is 53.5 Å². The predicted octanol–water partition coefficient (Wildman–Crippen LogP) is 3.60. The van der Waals surface area contributed by atoms with E-state index in [9.17, 15) is 0 Å². The Morgan fingerprint density at radius 2 is 1.90 bits per heavy atom. The second kappa shape index (κ2) is 7.74. The zero-order valence-corrected chi connectivity index (χ0v) is 13.0. The molecule has 0 aliphatic rings. The van der Waals surface area contributed by atoms with Gasteiger partial charge in [-0.15, -0.1) is 0 Å². The summed E-state index contributed by atoms with van der Waals surface area (Å²) < 4.78 is 5.64. The number of ether oxygens (including phenoxy) is 1. The smallest absolute Gasteiger partial charge is 0.164 e. The number of benzene rings is 1. The molecular weight excluding hydrogens is 262 g/mol. The number of nitrogens with one attached hydrogen (secondary N) is 1. The van der Waals surface area contributed by atoms with Crippen LogP contribution in [0.4, 0.5) is 5.82 Å². The maximum absolute atomic E-state index is 5.64. The average Bonchev–Trinajstić information content (AvgIpc) is 2.50. The van der Waals surface area contributed by atoms with Crippen LogP contribution < -0.4 is 5.32 Å². The molecule has 0 bridgehead atoms. The van der Waals surface area contributed by atoms with E-state index in [2.05, 4.69) is 29.1 Å². The minimum Gasteiger partial charge on any atom is -0.370 e. The standard InChI is InChI=1S/C17H23N3O/c1-4-9-14-12-15(18-5-2)20-17(19-14)16(21-3)13-10-7-6-8-11-13/h6-8,10-12,16H,4-5,9H2,1-3H3,(H,18,19,20). The first-order valence-corrected chi connectivity index (χ1v) is 7.48. The molecule has 2 aromatic rings. The van der Waals surface area contributed by atoms with Crippen LogP contribution in [0.1, 0.15) is 43.5 Å². The summed E-state index contributed by atoms with van der Waals surface area (Å²) in [5, 5.41) is 3.27. The molecule has 21 heavy (non-hydrogen) atoms. The van der Waals surface area contributed by atoms with Crippen LogP contribution in [0.15, 0.2) is 36.4 Å². The Morgan fingerprint density at radius 3 is 2.52 bits per heavy atom. The zero-order chi connectivity index (χ0) is 15.1. The summed E-state index contributed by atoms with van der Waals surface area (Å²) in [7, 11) is 1.69. The predicted molar refractivity (Wildman–Crippen MR) is 85.5 cm³/mol. The topological polar surface area (TPSA) is 47.0 Å². The normalized spacial score (nSPS) is 12.1. The molecule has 0 spiro atoms. The number of aryl methyl sites for hydroxylation is 1. The number of rotatable bonds is 7. The Balaban J connectivity index is 2.39. The Morgan fingerprint density at radius 1 is 1.14 bits per heavy atom. The Bertz CT molecular complexity index is 533. The summed E-state index contributed by atoms with van der Waals surface area (Å²) in [5.74, 6) is 1.58. The SMILES string of the molecule is CCCc1cc(NCC)nc(C(OC)c2ccccc2)n1. The summed E-state index contributed by atoms with van der Waals surface area (Å²) in [4.78, 5) is 9.28. The maximum atomic E-state index is 5.64. The molecule has 2 rings (SSSR count). The van der Waals surface area contributed by atoms with Gasteiger partial charge >= 0.3 is 0 Å². The molecule has 1 aromatic carbocycles. The number of anilines is 1. The van der Waals surface area contributed by atoms with Crippen molar-refractivity contribution in [1.82, 2.24) is 9.97 Å². The van der Waals surface area contributed by atoms with Crippen molar-refractivity contribution in [1.29, 1.82) is 0 Å². The Labute approximate surface area is 126 Å². The molecular formula is C17H23N3O. The van der Waals surface area contributed by atoms with Crippen molar-refractivity contribution < 1.29 is 4.74 Å². The quantitative estimate of drug-likeness (QED) is 0.844. The number of hydrogen-bond donors (Lipinski definition) is 1. The van der Waals surface area contributed by atoms with Crippen LogP contribution in [-0.2, 0) is 11.2 Å². The van der Waals surface area contributed by atoms with E-state index >= 15 is 0 Å². The Kier molecular flexibility index (Phi) is 5.69. The van der Waals surface area contributed by atoms with Crippen LogP contribution in [0.5, 0.6) is 0 Å². The van der Waals surface area contributed by atoms with Gasteiger partial charge in [0, 0.05) is 25.4 Å². The van der Waals surface area contributed by atoms with Gasteiger partial charge in [-0.2, -0.15) is 0 Å². The summed E-state index contributed by atoms with van der Waals surface area (Å²) in [6.45, 7) is 5.05. The Hall–Kier alpha value is -1.94. The van der Waals surface area contributed by atoms with Gasteiger partial charge in [0.2, 0.25) is 0 Å². The largest absolute Gasteiger partial charge is 0.370 e. The van der Waals surface area contributed by atoms with E-state index in [0.717, 1.165) is 36.5 Å². The summed E-state index contributed by atoms with van der Waals surface area (Å²) in [5.41, 5.74) is 2.12. The number of hydrogen-bond acceptors (Lipinski definition) is 4. The highest BCUT2D eigenvalue weighted by Gasteiger charge is 2.17. The molecule has 1 aromatic heterocycles. The van der Waals surface area contributed by atoms with Crippen LogP contribution in [-0.4, -0.2) is 23.6 Å². The molecule has 1 unspecified atom stereocenters. The molecule has 4 heteroatoms. The van der Waals surface area contributed by atoms with Gasteiger partial charge in [-0.3, -0.25) is 0 Å². The number of aromatic nitrogens is 2. The lowest BCUT2D eigenvalue weighted by atomic mass is 10.1. The number of methoxy groups -OCH3 is 1. The third-order valence-corrected chi connectivity index (χ3v) is 3.23. The third-order valence-electron chi connectivity index (χ3n) is 3.23. The molecule has 1 N–H and O–H groups in total. The summed E-state index contributed by atoms with van der Waals surface area (Å²) in [6, 6.07) is 12.1. The lowest BCUT2D eigenvalue weighted by Crippen LogP contribution is -2.12. The average molecular weight is 285 g/mol. The van der Waals surface area contributed by atoms with Gasteiger partial charge in [0.05, 0.1) is 0 Å². The van der Waals surface area contributed by atoms with Crippen molar-refractivity contribution in [2.45, 2.75) is 32.8 Å². The molecule has 1 atom stereocenters. The fourth-order valence-corrected chi connectivity index (χ4v) is 2.31. The second-order valence-electron chi connectivity index (χ2n) is 4.91. The van der Waals surface area contributed by atoms with Crippen molar-refractivity contribution >= 4 is 5.82 Å². The highest BCUT2D eigenvalue weighted by Crippen LogP contribution is 2.24. The van der Waals surface area contributed by atoms with Crippen LogP contribution in [0.25, 0.3) is 0 Å². The molecule has 4 nitrogen and oxygen atoms in total. The zero-order valence-electron chi connectivity index (χ0n) is 13.0. The first kappa shape index (κ1) is 15.4. The van der Waals surface area contributed by atoms with E-state index in [1.54, 1.807) is 7.11 Å². The van der Waals surface area contributed by atoms with Gasteiger partial charge in [-0.05, 0) is 18.9 Å². The molecule has 1 heterocycles. The van der Waals surface area contributed by atoms with Crippen molar-refractivity contribution in [3.8, 4) is 0 Å². The summed E-state index contributed by atoms with van der Waals surface area (Å²) >= 11 is 0. The van der Waals surface area contributed by atoms with Gasteiger partial charge in [-0.1, -0.05) is 43.7 Å². The molecule has 0 fully saturated rings. The van der Waals surface area contributed by atoms with Crippen molar-refractivity contribution in [2.24, 2.45) is 0 Å². The number of nitrogens with zero attached hydrogens (tertiary/aromatic N) is 2. The maximum Gasteiger partial charge on any atom is 0.164 e. The van der Waals surface area contributed by atoms with E-state index in [-0.39, 0.29) is 6.10 Å². The van der Waals surface area contributed by atoms with Gasteiger partial charge in [0.1, 0.15) is 11.9 Å². The van der Waals surface area contributed by atoms with Gasteiger partial charge in [0.15, 0.2) is 5.82 Å². The molecule has 0 amide bonds. The van der Waals surface area contributed by atoms with Crippen molar-refractivity contribution in [3.63, 3.8) is 0 Å². The monoisotopic (exact) mass is 285 g/mol. The minimum atomic E-state index is -0.236. The van der Waals surface area contributed by atoms with Crippen LogP contribution in [0, 0.1) is 0 Å². The van der Waals surface area contributed by atoms with E-state index in [1.807, 2.05) is 36.4 Å². The van der Waals surface area contributed by atoms with Gasteiger partial charge < -0.3 is 10.1 Å². The summed E-state index contributed by atoms with van der Waals surface area (Å²) in [6.07, 6.45) is 1.77. The second-order valence-corrected chi connectivity index (χ2v) is 4.91. The first-order chi connectivity index (χ1) is 10.3. The fraction of sp³-hybridized carbons (Fsp3) is 0.412. The van der Waals surface area contributed by atoms with Gasteiger partial charge in [0.25, 0.3) is 0 Å². The molecule has 112 valence electrons. The van der Waals surface area contributed by atoms with Gasteiger partial charge in [-0.25, -0.2) is 9.97 Å². The van der Waals surface area contributed by atoms with E-state index in [1.165, 1.54) is 0 Å². The van der Waals surface area contributed by atoms with Crippen LogP contribution in [0.2, 0.25) is 0 Å². The molecule has 0 saturated heterocycles. The highest BCUT2D eigenvalue weighted by atomic mass is 16.5. The molecule has 0 saturated carbocycles. The lowest BCUT2D eigenvalue weighted by molar-refractivity contribution is 0.129. The van der Waals surface area contributed by atoms with E-state index < -0.39 is 0 Å². The van der Waals surface area contributed by atoms with Crippen LogP contribution >= 0.6 is 0 Å². The molecule has 0 aliphatic heterocycles. The van der Waals surface area contributed by atoms with Crippen molar-refractivity contribution in [2.75, 3.05) is 19.0 Å². The van der Waals surface area contributed by atoms with E-state index in [4.69, 9.17) is 4.74 Å². The molecule has 0 aliphatic carbocycles. The van der Waals surface area contributed by atoms with E-state index in [0.29, 0.717) is 5.82 Å². The molecule has 0 radical (unpaired) electrons. The lowest BCUT2D eigenvalue weighted by Gasteiger charge is -2.16. The van der Waals surface area contributed by atoms with Crippen LogP contribution in [0.3, 0.4) is 0 Å². The first-order valence-electron chi connectivity index (χ1n) is 7.48. The highest BCUT2D eigenvalue weighted by molar-refractivity contribution is 5.37. The third kappa shape index (κ3) is 4.02. The minimum absolute atomic E-state index is 0.236. The fourth-order valence-electron chi connectivity index (χ4n) is 2.31.